The average molecular weight is 1020 g/mol. The number of imide groups is 1. The highest BCUT2D eigenvalue weighted by Gasteiger charge is 2.43. The minimum Gasteiger partial charge on any atom is -0.388 e. The molecule has 7 amide bonds. The Balaban J connectivity index is 1.30. The van der Waals surface area contributed by atoms with E-state index in [1.165, 1.54) is 13.8 Å². The van der Waals surface area contributed by atoms with Crippen LogP contribution in [0.1, 0.15) is 136 Å². The third-order valence-electron chi connectivity index (χ3n) is 12.1. The van der Waals surface area contributed by atoms with Crippen molar-refractivity contribution in [3.8, 4) is 0 Å². The fourth-order valence-corrected chi connectivity index (χ4v) is 7.74. The second kappa shape index (κ2) is 33.3. The Labute approximate surface area is 413 Å². The summed E-state index contributed by atoms with van der Waals surface area (Å²) in [6, 6.07) is -0.843. The molecule has 0 spiro atoms. The molecule has 0 radical (unpaired) electrons. The lowest BCUT2D eigenvalue weighted by molar-refractivity contribution is -0.292. The Morgan fingerprint density at radius 1 is 0.521 bits per heavy atom. The molecule has 406 valence electrons. The van der Waals surface area contributed by atoms with E-state index in [4.69, 9.17) is 23.8 Å². The van der Waals surface area contributed by atoms with Gasteiger partial charge in [-0.15, -0.1) is 5.06 Å². The molecule has 0 saturated carbocycles. The number of carbonyl (C=O) groups is 8. The highest BCUT2D eigenvalue weighted by atomic mass is 16.7. The third kappa shape index (κ3) is 22.9. The summed E-state index contributed by atoms with van der Waals surface area (Å²) < 4.78 is 21.5. The zero-order chi connectivity index (χ0) is 52.3. The van der Waals surface area contributed by atoms with Gasteiger partial charge in [0.05, 0.1) is 25.4 Å². The lowest BCUT2D eigenvalue weighted by Gasteiger charge is -2.38. The lowest BCUT2D eigenvalue weighted by Crippen LogP contribution is -2.57. The van der Waals surface area contributed by atoms with Crippen LogP contribution in [-0.2, 0) is 62.1 Å². The highest BCUT2D eigenvalue weighted by Crippen LogP contribution is 2.23. The third-order valence-corrected chi connectivity index (χ3v) is 12.1. The van der Waals surface area contributed by atoms with Crippen molar-refractivity contribution in [1.29, 1.82) is 0 Å². The minimum atomic E-state index is -1.44. The minimum absolute atomic E-state index is 0.000846. The van der Waals surface area contributed by atoms with E-state index in [1.54, 1.807) is 0 Å². The number of unbranched alkanes of at least 4 members (excludes halogenated alkanes) is 7. The van der Waals surface area contributed by atoms with Crippen molar-refractivity contribution in [3.63, 3.8) is 0 Å². The van der Waals surface area contributed by atoms with Gasteiger partial charge in [0.2, 0.25) is 29.5 Å². The maximum absolute atomic E-state index is 13.3. The number of carbonyl (C=O) groups excluding carboxylic acids is 8. The lowest BCUT2D eigenvalue weighted by atomic mass is 10.0. The summed E-state index contributed by atoms with van der Waals surface area (Å²) in [6.45, 7) is 3.97. The molecule has 0 aromatic heterocycles. The van der Waals surface area contributed by atoms with Crippen LogP contribution in [0, 0.1) is 0 Å². The SMILES string of the molecule is C[C@@H]1O[C@@H](OCCNC(=O)CCCCCNC(=O)[C@H](CCCCNC(=O)CCCCC(=O)NCCO[C@@H]2O[C@@H](C)[C@@H](O)[C@@H](O)[C@@H]2O)NC(=O)CCCCCCC(=O)ON2C(=O)CCC2=O)[C@@H](O)[C@H](O)[C@@H]1O. The smallest absolute Gasteiger partial charge is 0.333 e. The van der Waals surface area contributed by atoms with E-state index in [2.05, 4.69) is 26.6 Å². The zero-order valence-electron chi connectivity index (χ0n) is 41.0. The number of hydrogen-bond acceptors (Lipinski definition) is 19. The number of aliphatic hydroxyl groups is 6. The first-order valence-electron chi connectivity index (χ1n) is 25.0. The average Bonchev–Trinajstić information content (AvgIpc) is 3.65. The summed E-state index contributed by atoms with van der Waals surface area (Å²) in [5.74, 6) is -3.18. The Kier molecular flexibility index (Phi) is 28.6. The van der Waals surface area contributed by atoms with Crippen LogP contribution < -0.4 is 26.6 Å². The molecule has 0 aliphatic carbocycles. The molecule has 11 atom stereocenters. The van der Waals surface area contributed by atoms with E-state index in [9.17, 15) is 69.0 Å². The summed E-state index contributed by atoms with van der Waals surface area (Å²) in [5, 5.41) is 73.8. The summed E-state index contributed by atoms with van der Waals surface area (Å²) in [5.41, 5.74) is 0. The predicted molar refractivity (Wildman–Crippen MR) is 246 cm³/mol. The second-order valence-electron chi connectivity index (χ2n) is 18.0. The topological polar surface area (TPSA) is 367 Å². The molecule has 25 heteroatoms. The number of amides is 7. The van der Waals surface area contributed by atoms with Gasteiger partial charge >= 0.3 is 5.97 Å². The Morgan fingerprint density at radius 3 is 1.44 bits per heavy atom. The molecular formula is C46H78N6O19. The van der Waals surface area contributed by atoms with Crippen molar-refractivity contribution in [2.24, 2.45) is 0 Å². The molecule has 3 aliphatic rings. The summed E-state index contributed by atoms with van der Waals surface area (Å²) in [7, 11) is 0. The Morgan fingerprint density at radius 2 is 0.930 bits per heavy atom. The molecule has 3 fully saturated rings. The van der Waals surface area contributed by atoms with Gasteiger partial charge in [0.15, 0.2) is 12.6 Å². The van der Waals surface area contributed by atoms with Crippen molar-refractivity contribution in [2.75, 3.05) is 39.4 Å². The van der Waals surface area contributed by atoms with Crippen molar-refractivity contribution in [3.05, 3.63) is 0 Å². The van der Waals surface area contributed by atoms with E-state index in [-0.39, 0.29) is 101 Å². The number of ether oxygens (including phenoxy) is 4. The van der Waals surface area contributed by atoms with Crippen molar-refractivity contribution < 1.29 is 92.8 Å². The molecule has 3 heterocycles. The van der Waals surface area contributed by atoms with Crippen LogP contribution in [0.3, 0.4) is 0 Å². The van der Waals surface area contributed by atoms with E-state index in [0.717, 1.165) is 0 Å². The van der Waals surface area contributed by atoms with Crippen molar-refractivity contribution in [2.45, 2.75) is 203 Å². The van der Waals surface area contributed by atoms with Crippen molar-refractivity contribution in [1.82, 2.24) is 31.6 Å². The van der Waals surface area contributed by atoms with Gasteiger partial charge in [-0.3, -0.25) is 33.6 Å². The van der Waals surface area contributed by atoms with Crippen LogP contribution in [0.15, 0.2) is 0 Å². The normalized spacial score (nSPS) is 25.8. The van der Waals surface area contributed by atoms with Gasteiger partial charge in [0, 0.05) is 71.1 Å². The first-order valence-corrected chi connectivity index (χ1v) is 25.0. The monoisotopic (exact) mass is 1020 g/mol. The largest absolute Gasteiger partial charge is 0.388 e. The van der Waals surface area contributed by atoms with Gasteiger partial charge in [0.25, 0.3) is 11.8 Å². The molecule has 3 rings (SSSR count). The van der Waals surface area contributed by atoms with Gasteiger partial charge in [-0.1, -0.05) is 19.3 Å². The van der Waals surface area contributed by atoms with Gasteiger partial charge in [0.1, 0.15) is 42.7 Å². The number of aliphatic hydroxyl groups excluding tert-OH is 6. The first kappa shape index (κ1) is 60.9. The van der Waals surface area contributed by atoms with Crippen LogP contribution in [0.2, 0.25) is 0 Å². The molecule has 3 aliphatic heterocycles. The molecule has 11 N–H and O–H groups in total. The van der Waals surface area contributed by atoms with Gasteiger partial charge in [-0.25, -0.2) is 4.79 Å². The van der Waals surface area contributed by atoms with Gasteiger partial charge in [-0.05, 0) is 71.6 Å². The molecule has 0 aromatic carbocycles. The summed E-state index contributed by atoms with van der Waals surface area (Å²) >= 11 is 0. The van der Waals surface area contributed by atoms with E-state index >= 15 is 0 Å². The Bertz CT molecular complexity index is 1680. The predicted octanol–water partition coefficient (Wildman–Crippen LogP) is -2.14. The molecule has 25 nitrogen and oxygen atoms in total. The van der Waals surface area contributed by atoms with Crippen LogP contribution in [0.5, 0.6) is 0 Å². The first-order chi connectivity index (χ1) is 33.9. The second-order valence-corrected chi connectivity index (χ2v) is 18.0. The maximum atomic E-state index is 13.3. The molecule has 0 unspecified atom stereocenters. The number of nitrogens with zero attached hydrogens (tertiary/aromatic N) is 1. The number of hydrogen-bond donors (Lipinski definition) is 11. The number of rotatable bonds is 34. The fraction of sp³-hybridized carbons (Fsp3) is 0.826. The standard InChI is InChI=1S/C46H78N6O19/c1-28-38(60)40(62)42(64)45(69-28)67-26-24-48-32(54)15-7-5-12-23-50-44(66)30(51-34(56)18-6-3-4-8-19-37(59)71-52-35(57)20-21-36(52)58)14-11-13-22-47-31(53)16-9-10-17-33(55)49-25-27-68-46-43(65)41(63)39(61)29(2)70-46/h28-30,38-43,45-46,60-65H,3-27H2,1-2H3,(H,47,53)(H,48,54)(H,49,55)(H,50,66)(H,51,56)/t28-,29-,30-,38+,39+,40+,41+,42-,43-,45+,46+/m0/s1. The highest BCUT2D eigenvalue weighted by molar-refractivity contribution is 6.01. The molecular weight excluding hydrogens is 941 g/mol. The van der Waals surface area contributed by atoms with Gasteiger partial charge in [-0.2, -0.15) is 0 Å². The van der Waals surface area contributed by atoms with Crippen LogP contribution in [-0.4, -0.2) is 190 Å². The van der Waals surface area contributed by atoms with E-state index in [1.807, 2.05) is 0 Å². The van der Waals surface area contributed by atoms with E-state index in [0.29, 0.717) is 95.2 Å². The fourth-order valence-electron chi connectivity index (χ4n) is 7.74. The quantitative estimate of drug-likeness (QED) is 0.0242. The van der Waals surface area contributed by atoms with Crippen molar-refractivity contribution >= 4 is 47.3 Å². The number of nitrogens with one attached hydrogen (secondary N) is 5. The summed E-state index contributed by atoms with van der Waals surface area (Å²) in [6.07, 6.45) is -5.20. The summed E-state index contributed by atoms with van der Waals surface area (Å²) in [4.78, 5) is 103. The molecule has 0 bridgehead atoms. The Hall–Kier alpha value is -4.44. The molecule has 71 heavy (non-hydrogen) atoms. The van der Waals surface area contributed by atoms with Crippen LogP contribution >= 0.6 is 0 Å². The van der Waals surface area contributed by atoms with Crippen LogP contribution in [0.25, 0.3) is 0 Å². The maximum Gasteiger partial charge on any atom is 0.333 e. The van der Waals surface area contributed by atoms with Crippen LogP contribution in [0.4, 0.5) is 0 Å². The zero-order valence-corrected chi connectivity index (χ0v) is 41.0. The molecule has 0 aromatic rings. The van der Waals surface area contributed by atoms with E-state index < -0.39 is 85.2 Å². The molecule has 3 saturated heterocycles. The van der Waals surface area contributed by atoms with Gasteiger partial charge < -0.3 is 81.0 Å². The number of hydroxylamine groups is 2.